The predicted octanol–water partition coefficient (Wildman–Crippen LogP) is 1.55. The number of ether oxygens (including phenoxy) is 1. The van der Waals surface area contributed by atoms with Crippen molar-refractivity contribution in [3.63, 3.8) is 0 Å². The van der Waals surface area contributed by atoms with Gasteiger partial charge in [-0.3, -0.25) is 9.69 Å². The first-order valence-corrected chi connectivity index (χ1v) is 6.96. The smallest absolute Gasteiger partial charge is 0.179 e. The number of ketones is 1. The van der Waals surface area contributed by atoms with Gasteiger partial charge in [-0.05, 0) is 38.6 Å². The van der Waals surface area contributed by atoms with Gasteiger partial charge < -0.3 is 15.6 Å². The monoisotopic (exact) mass is 280 g/mol. The third-order valence-corrected chi connectivity index (χ3v) is 3.31. The van der Waals surface area contributed by atoms with E-state index in [2.05, 4.69) is 0 Å². The molecule has 1 aromatic carbocycles. The van der Waals surface area contributed by atoms with Crippen LogP contribution in [-0.2, 0) is 0 Å². The van der Waals surface area contributed by atoms with Crippen LogP contribution in [0.5, 0.6) is 5.75 Å². The second-order valence-corrected chi connectivity index (χ2v) is 4.58. The summed E-state index contributed by atoms with van der Waals surface area (Å²) in [6.45, 7) is 7.45. The van der Waals surface area contributed by atoms with E-state index >= 15 is 0 Å². The molecule has 0 radical (unpaired) electrons. The van der Waals surface area contributed by atoms with E-state index in [4.69, 9.17) is 15.6 Å². The van der Waals surface area contributed by atoms with Gasteiger partial charge in [0.25, 0.3) is 0 Å². The van der Waals surface area contributed by atoms with Crippen molar-refractivity contribution >= 4 is 11.5 Å². The minimum atomic E-state index is -0.288. The van der Waals surface area contributed by atoms with Crippen molar-refractivity contribution in [3.8, 4) is 5.75 Å². The summed E-state index contributed by atoms with van der Waals surface area (Å²) in [5.41, 5.74) is 6.91. The predicted molar refractivity (Wildman–Crippen MR) is 80.1 cm³/mol. The van der Waals surface area contributed by atoms with Crippen molar-refractivity contribution in [1.29, 1.82) is 0 Å². The first-order valence-electron chi connectivity index (χ1n) is 6.96. The lowest BCUT2D eigenvalue weighted by Crippen LogP contribution is -2.40. The average molecular weight is 280 g/mol. The van der Waals surface area contributed by atoms with Gasteiger partial charge in [-0.15, -0.1) is 0 Å². The zero-order chi connectivity index (χ0) is 15.1. The van der Waals surface area contributed by atoms with Crippen LogP contribution in [0.3, 0.4) is 0 Å². The van der Waals surface area contributed by atoms with Crippen molar-refractivity contribution in [2.24, 2.45) is 0 Å². The highest BCUT2D eigenvalue weighted by Crippen LogP contribution is 2.23. The van der Waals surface area contributed by atoms with Gasteiger partial charge in [-0.25, -0.2) is 0 Å². The number of nitrogen functional groups attached to an aromatic ring is 1. The highest BCUT2D eigenvalue weighted by molar-refractivity contribution is 6.00. The first kappa shape index (κ1) is 16.5. The summed E-state index contributed by atoms with van der Waals surface area (Å²) in [6, 6.07) is 4.81. The van der Waals surface area contributed by atoms with Crippen LogP contribution >= 0.6 is 0 Å². The van der Waals surface area contributed by atoms with E-state index in [1.165, 1.54) is 0 Å². The Morgan fingerprint density at radius 2 is 2.15 bits per heavy atom. The van der Waals surface area contributed by atoms with Crippen LogP contribution in [0.15, 0.2) is 18.2 Å². The molecule has 0 saturated heterocycles. The fraction of sp³-hybridized carbons (Fsp3) is 0.533. The molecule has 0 bridgehead atoms. The molecule has 0 aliphatic heterocycles. The Kier molecular flexibility index (Phi) is 6.48. The van der Waals surface area contributed by atoms with Gasteiger partial charge in [-0.2, -0.15) is 0 Å². The summed E-state index contributed by atoms with van der Waals surface area (Å²) in [4.78, 5) is 14.3. The molecule has 5 heteroatoms. The maximum Gasteiger partial charge on any atom is 0.179 e. The molecule has 1 aromatic rings. The second-order valence-electron chi connectivity index (χ2n) is 4.58. The summed E-state index contributed by atoms with van der Waals surface area (Å²) >= 11 is 0. The molecule has 3 N–H and O–H groups in total. The van der Waals surface area contributed by atoms with Crippen LogP contribution in [-0.4, -0.2) is 48.1 Å². The standard InChI is InChI=1S/C15H24N2O3/c1-4-17(8-9-18)11(3)15(19)12-6-7-14(20-5-2)13(16)10-12/h6-7,10-11,18H,4-5,8-9,16H2,1-3H3. The van der Waals surface area contributed by atoms with Gasteiger partial charge in [0, 0.05) is 12.1 Å². The number of benzene rings is 1. The molecule has 0 spiro atoms. The van der Waals surface area contributed by atoms with Gasteiger partial charge in [0.1, 0.15) is 5.75 Å². The Bertz CT molecular complexity index is 449. The van der Waals surface area contributed by atoms with Gasteiger partial charge in [0.2, 0.25) is 0 Å². The molecule has 0 aliphatic rings. The molecule has 0 aliphatic carbocycles. The fourth-order valence-corrected chi connectivity index (χ4v) is 2.15. The topological polar surface area (TPSA) is 75.8 Å². The zero-order valence-corrected chi connectivity index (χ0v) is 12.4. The largest absolute Gasteiger partial charge is 0.492 e. The van der Waals surface area contributed by atoms with Crippen molar-refractivity contribution in [3.05, 3.63) is 23.8 Å². The third-order valence-electron chi connectivity index (χ3n) is 3.31. The Balaban J connectivity index is 2.88. The minimum absolute atomic E-state index is 0.00458. The summed E-state index contributed by atoms with van der Waals surface area (Å²) < 4.78 is 5.36. The molecule has 5 nitrogen and oxygen atoms in total. The molecular weight excluding hydrogens is 256 g/mol. The summed E-state index contributed by atoms with van der Waals surface area (Å²) in [7, 11) is 0. The number of aliphatic hydroxyl groups is 1. The SMILES string of the molecule is CCOc1ccc(C(=O)C(C)N(CC)CCO)cc1N. The Labute approximate surface area is 120 Å². The van der Waals surface area contributed by atoms with Crippen LogP contribution in [0.25, 0.3) is 0 Å². The molecule has 0 aromatic heterocycles. The molecule has 112 valence electrons. The highest BCUT2D eigenvalue weighted by Gasteiger charge is 2.21. The van der Waals surface area contributed by atoms with Gasteiger partial charge in [0.15, 0.2) is 5.78 Å². The minimum Gasteiger partial charge on any atom is -0.492 e. The maximum absolute atomic E-state index is 12.4. The van der Waals surface area contributed by atoms with E-state index in [-0.39, 0.29) is 18.4 Å². The van der Waals surface area contributed by atoms with Crippen LogP contribution in [0.1, 0.15) is 31.1 Å². The van der Waals surface area contributed by atoms with E-state index < -0.39 is 0 Å². The number of carbonyl (C=O) groups is 1. The van der Waals surface area contributed by atoms with Crippen molar-refractivity contribution in [1.82, 2.24) is 4.90 Å². The molecule has 1 atom stereocenters. The fourth-order valence-electron chi connectivity index (χ4n) is 2.15. The normalized spacial score (nSPS) is 12.4. The van der Waals surface area contributed by atoms with Crippen LogP contribution in [0.4, 0.5) is 5.69 Å². The summed E-state index contributed by atoms with van der Waals surface area (Å²) in [5, 5.41) is 9.02. The number of rotatable bonds is 8. The Morgan fingerprint density at radius 1 is 1.45 bits per heavy atom. The molecule has 0 amide bonds. The molecule has 1 rings (SSSR count). The summed E-state index contributed by atoms with van der Waals surface area (Å²) in [5.74, 6) is 0.592. The third kappa shape index (κ3) is 3.95. The van der Waals surface area contributed by atoms with Gasteiger partial charge in [-0.1, -0.05) is 6.92 Å². The van der Waals surface area contributed by atoms with Crippen LogP contribution in [0, 0.1) is 0 Å². The van der Waals surface area contributed by atoms with E-state index in [1.54, 1.807) is 18.2 Å². The summed E-state index contributed by atoms with van der Waals surface area (Å²) in [6.07, 6.45) is 0. The lowest BCUT2D eigenvalue weighted by Gasteiger charge is -2.26. The number of likely N-dealkylation sites (N-methyl/N-ethyl adjacent to an activating group) is 1. The zero-order valence-electron chi connectivity index (χ0n) is 12.4. The average Bonchev–Trinajstić information content (AvgIpc) is 2.45. The number of hydrogen-bond acceptors (Lipinski definition) is 5. The first-order chi connectivity index (χ1) is 9.54. The van der Waals surface area contributed by atoms with Gasteiger partial charge >= 0.3 is 0 Å². The lowest BCUT2D eigenvalue weighted by atomic mass is 10.0. The highest BCUT2D eigenvalue weighted by atomic mass is 16.5. The Morgan fingerprint density at radius 3 is 2.65 bits per heavy atom. The van der Waals surface area contributed by atoms with E-state index in [0.29, 0.717) is 36.7 Å². The molecule has 0 fully saturated rings. The van der Waals surface area contributed by atoms with Crippen molar-refractivity contribution in [2.45, 2.75) is 26.8 Å². The molecule has 1 unspecified atom stereocenters. The second kappa shape index (κ2) is 7.87. The van der Waals surface area contributed by atoms with Crippen LogP contribution in [0.2, 0.25) is 0 Å². The van der Waals surface area contributed by atoms with E-state index in [0.717, 1.165) is 0 Å². The van der Waals surface area contributed by atoms with Crippen molar-refractivity contribution < 1.29 is 14.6 Å². The lowest BCUT2D eigenvalue weighted by molar-refractivity contribution is 0.0817. The number of nitrogens with two attached hydrogens (primary N) is 1. The number of anilines is 1. The molecule has 20 heavy (non-hydrogen) atoms. The quantitative estimate of drug-likeness (QED) is 0.558. The van der Waals surface area contributed by atoms with Crippen molar-refractivity contribution in [2.75, 3.05) is 32.0 Å². The van der Waals surface area contributed by atoms with E-state index in [9.17, 15) is 4.79 Å². The van der Waals surface area contributed by atoms with E-state index in [1.807, 2.05) is 25.7 Å². The molecular formula is C15H24N2O3. The molecule has 0 saturated carbocycles. The number of carbonyl (C=O) groups excluding carboxylic acids is 1. The number of Topliss-reactive ketones (excluding diaryl/α,β-unsaturated/α-hetero) is 1. The molecule has 0 heterocycles. The number of nitrogens with zero attached hydrogens (tertiary/aromatic N) is 1. The maximum atomic E-state index is 12.4. The number of hydrogen-bond donors (Lipinski definition) is 2. The van der Waals surface area contributed by atoms with Crippen LogP contribution < -0.4 is 10.5 Å². The number of aliphatic hydroxyl groups excluding tert-OH is 1. The van der Waals surface area contributed by atoms with Gasteiger partial charge in [0.05, 0.1) is 24.9 Å². The Hall–Kier alpha value is -1.59.